The summed E-state index contributed by atoms with van der Waals surface area (Å²) >= 11 is 5.62. The number of halogens is 1. The van der Waals surface area contributed by atoms with Crippen LogP contribution in [0.4, 0.5) is 11.4 Å². The molecular weight excluding hydrogens is 236 g/mol. The fourth-order valence-corrected chi connectivity index (χ4v) is 1.28. The summed E-state index contributed by atoms with van der Waals surface area (Å²) in [6.45, 7) is 0.123. The van der Waals surface area contributed by atoms with E-state index in [1.165, 1.54) is 18.2 Å². The Morgan fingerprint density at radius 3 is 2.81 bits per heavy atom. The number of hydrogen-bond acceptors (Lipinski definition) is 4. The van der Waals surface area contributed by atoms with E-state index in [2.05, 4.69) is 5.32 Å². The van der Waals surface area contributed by atoms with E-state index in [0.29, 0.717) is 0 Å². The summed E-state index contributed by atoms with van der Waals surface area (Å²) in [6.07, 6.45) is -0.111. The molecular formula is C9H9ClN2O4. The highest BCUT2D eigenvalue weighted by atomic mass is 35.5. The third-order valence-electron chi connectivity index (χ3n) is 1.81. The first-order valence-corrected chi connectivity index (χ1v) is 4.78. The van der Waals surface area contributed by atoms with Gasteiger partial charge in [0.2, 0.25) is 0 Å². The number of carboxylic acid groups (broad SMARTS) is 1. The van der Waals surface area contributed by atoms with Crippen molar-refractivity contribution in [2.45, 2.75) is 6.42 Å². The number of aliphatic carboxylic acids is 1. The molecule has 0 aliphatic carbocycles. The lowest BCUT2D eigenvalue weighted by Crippen LogP contribution is -2.08. The fourth-order valence-electron chi connectivity index (χ4n) is 1.11. The van der Waals surface area contributed by atoms with Crippen LogP contribution >= 0.6 is 11.6 Å². The van der Waals surface area contributed by atoms with Gasteiger partial charge in [0.1, 0.15) is 5.69 Å². The van der Waals surface area contributed by atoms with Crippen LogP contribution in [0.1, 0.15) is 6.42 Å². The van der Waals surface area contributed by atoms with Crippen LogP contribution in [0.25, 0.3) is 0 Å². The normalized spacial score (nSPS) is 9.81. The van der Waals surface area contributed by atoms with E-state index >= 15 is 0 Å². The number of benzene rings is 1. The molecule has 0 fully saturated rings. The van der Waals surface area contributed by atoms with Crippen molar-refractivity contribution in [2.75, 3.05) is 11.9 Å². The number of hydrogen-bond donors (Lipinski definition) is 2. The van der Waals surface area contributed by atoms with Gasteiger partial charge in [0.05, 0.1) is 11.3 Å². The lowest BCUT2D eigenvalue weighted by molar-refractivity contribution is -0.383. The van der Waals surface area contributed by atoms with Gasteiger partial charge in [-0.3, -0.25) is 14.9 Å². The van der Waals surface area contributed by atoms with Crippen LogP contribution < -0.4 is 5.32 Å². The first-order chi connectivity index (χ1) is 7.50. The van der Waals surface area contributed by atoms with Crippen LogP contribution in [0.5, 0.6) is 0 Å². The maximum Gasteiger partial charge on any atom is 0.305 e. The first kappa shape index (κ1) is 12.3. The molecule has 86 valence electrons. The molecule has 0 spiro atoms. The van der Waals surface area contributed by atoms with Gasteiger partial charge in [0.25, 0.3) is 5.69 Å². The Morgan fingerprint density at radius 1 is 1.56 bits per heavy atom. The number of rotatable bonds is 5. The smallest absolute Gasteiger partial charge is 0.305 e. The molecule has 0 atom stereocenters. The zero-order chi connectivity index (χ0) is 12.1. The SMILES string of the molecule is O=C(O)CCNc1ccc(Cl)cc1[N+](=O)[O-]. The van der Waals surface area contributed by atoms with Crippen LogP contribution in [0.15, 0.2) is 18.2 Å². The summed E-state index contributed by atoms with van der Waals surface area (Å²) in [5, 5.41) is 22.0. The summed E-state index contributed by atoms with van der Waals surface area (Å²) in [5.41, 5.74) is 0.0912. The highest BCUT2D eigenvalue weighted by Gasteiger charge is 2.13. The van der Waals surface area contributed by atoms with E-state index in [-0.39, 0.29) is 29.4 Å². The minimum atomic E-state index is -0.968. The van der Waals surface area contributed by atoms with Gasteiger partial charge in [-0.15, -0.1) is 0 Å². The minimum Gasteiger partial charge on any atom is -0.481 e. The summed E-state index contributed by atoms with van der Waals surface area (Å²) in [5.74, 6) is -0.968. The molecule has 0 aliphatic rings. The van der Waals surface area contributed by atoms with E-state index in [9.17, 15) is 14.9 Å². The van der Waals surface area contributed by atoms with Gasteiger partial charge in [-0.1, -0.05) is 11.6 Å². The van der Waals surface area contributed by atoms with Gasteiger partial charge < -0.3 is 10.4 Å². The number of anilines is 1. The second-order valence-electron chi connectivity index (χ2n) is 2.99. The standard InChI is InChI=1S/C9H9ClN2O4/c10-6-1-2-7(8(5-6)12(15)16)11-4-3-9(13)14/h1-2,5,11H,3-4H2,(H,13,14). The predicted molar refractivity (Wildman–Crippen MR) is 58.8 cm³/mol. The zero-order valence-corrected chi connectivity index (χ0v) is 8.90. The predicted octanol–water partition coefficient (Wildman–Crippen LogP) is 2.13. The average molecular weight is 245 g/mol. The van der Waals surface area contributed by atoms with Crippen LogP contribution in [-0.2, 0) is 4.79 Å². The van der Waals surface area contributed by atoms with Gasteiger partial charge in [0, 0.05) is 17.6 Å². The van der Waals surface area contributed by atoms with Crippen molar-refractivity contribution in [3.63, 3.8) is 0 Å². The summed E-state index contributed by atoms with van der Waals surface area (Å²) in [4.78, 5) is 20.4. The van der Waals surface area contributed by atoms with Crippen LogP contribution in [0, 0.1) is 10.1 Å². The molecule has 0 aromatic heterocycles. The molecule has 1 aromatic rings. The van der Waals surface area contributed by atoms with Crippen LogP contribution in [-0.4, -0.2) is 22.5 Å². The highest BCUT2D eigenvalue weighted by Crippen LogP contribution is 2.27. The molecule has 1 aromatic carbocycles. The maximum atomic E-state index is 10.7. The summed E-state index contributed by atoms with van der Waals surface area (Å²) < 4.78 is 0. The highest BCUT2D eigenvalue weighted by molar-refractivity contribution is 6.30. The number of nitrogens with zero attached hydrogens (tertiary/aromatic N) is 1. The van der Waals surface area contributed by atoms with Crippen molar-refractivity contribution < 1.29 is 14.8 Å². The Hall–Kier alpha value is -1.82. The van der Waals surface area contributed by atoms with Gasteiger partial charge >= 0.3 is 5.97 Å². The maximum absolute atomic E-state index is 10.7. The first-order valence-electron chi connectivity index (χ1n) is 4.40. The third-order valence-corrected chi connectivity index (χ3v) is 2.05. The third kappa shape index (κ3) is 3.39. The van der Waals surface area contributed by atoms with Crippen molar-refractivity contribution in [3.8, 4) is 0 Å². The summed E-state index contributed by atoms with van der Waals surface area (Å²) in [6, 6.07) is 4.16. The topological polar surface area (TPSA) is 92.5 Å². The molecule has 0 heterocycles. The van der Waals surface area contributed by atoms with Gasteiger partial charge in [0.15, 0.2) is 0 Å². The van der Waals surface area contributed by atoms with E-state index in [1.807, 2.05) is 0 Å². The molecule has 1 rings (SSSR count). The minimum absolute atomic E-state index is 0.111. The number of carboxylic acids is 1. The number of carbonyl (C=O) groups is 1. The number of nitro groups is 1. The van der Waals surface area contributed by atoms with E-state index in [4.69, 9.17) is 16.7 Å². The zero-order valence-electron chi connectivity index (χ0n) is 8.14. The largest absolute Gasteiger partial charge is 0.481 e. The van der Waals surface area contributed by atoms with E-state index in [0.717, 1.165) is 0 Å². The van der Waals surface area contributed by atoms with Crippen molar-refractivity contribution in [3.05, 3.63) is 33.3 Å². The number of nitro benzene ring substituents is 1. The van der Waals surface area contributed by atoms with Crippen molar-refractivity contribution in [1.82, 2.24) is 0 Å². The molecule has 0 saturated heterocycles. The van der Waals surface area contributed by atoms with Gasteiger partial charge in [-0.2, -0.15) is 0 Å². The van der Waals surface area contributed by atoms with Gasteiger partial charge in [-0.25, -0.2) is 0 Å². The molecule has 6 nitrogen and oxygen atoms in total. The Bertz CT molecular complexity index is 422. The van der Waals surface area contributed by atoms with Crippen LogP contribution in [0.3, 0.4) is 0 Å². The van der Waals surface area contributed by atoms with Gasteiger partial charge in [-0.05, 0) is 12.1 Å². The molecule has 0 radical (unpaired) electrons. The average Bonchev–Trinajstić information content (AvgIpc) is 2.19. The van der Waals surface area contributed by atoms with Crippen molar-refractivity contribution in [1.29, 1.82) is 0 Å². The van der Waals surface area contributed by atoms with Crippen LogP contribution in [0.2, 0.25) is 5.02 Å². The van der Waals surface area contributed by atoms with E-state index in [1.54, 1.807) is 0 Å². The quantitative estimate of drug-likeness (QED) is 0.611. The Morgan fingerprint density at radius 2 is 2.25 bits per heavy atom. The second kappa shape index (κ2) is 5.32. The molecule has 0 unspecified atom stereocenters. The molecule has 16 heavy (non-hydrogen) atoms. The van der Waals surface area contributed by atoms with Crippen molar-refractivity contribution >= 4 is 28.9 Å². The lowest BCUT2D eigenvalue weighted by Gasteiger charge is -2.05. The lowest BCUT2D eigenvalue weighted by atomic mass is 10.2. The van der Waals surface area contributed by atoms with E-state index < -0.39 is 10.9 Å². The fraction of sp³-hybridized carbons (Fsp3) is 0.222. The molecule has 0 saturated carbocycles. The molecule has 0 amide bonds. The Kier molecular flexibility index (Phi) is 4.07. The monoisotopic (exact) mass is 244 g/mol. The molecule has 7 heteroatoms. The molecule has 0 aliphatic heterocycles. The molecule has 0 bridgehead atoms. The number of nitrogens with one attached hydrogen (secondary N) is 1. The van der Waals surface area contributed by atoms with Crippen molar-refractivity contribution in [2.24, 2.45) is 0 Å². The Labute approximate surface area is 96.0 Å². The molecule has 2 N–H and O–H groups in total. The second-order valence-corrected chi connectivity index (χ2v) is 3.43. The Balaban J connectivity index is 2.78. The summed E-state index contributed by atoms with van der Waals surface area (Å²) in [7, 11) is 0.